The fraction of sp³-hybridized carbons (Fsp3) is 0.250. The SMILES string of the molecule is CCN(CC)c1ccc(C2=NC(=C3C(=O)C(c4ccc(-c5ccc(N(CC)CC)cc5)[nH]4)=C3O)C=C2)cc1. The number of nitrogens with zero attached hydrogens (tertiary/aromatic N) is 3. The van der Waals surface area contributed by atoms with Crippen molar-refractivity contribution in [2.75, 3.05) is 36.0 Å². The molecule has 0 saturated heterocycles. The molecule has 0 amide bonds. The lowest BCUT2D eigenvalue weighted by Crippen LogP contribution is -2.22. The van der Waals surface area contributed by atoms with Crippen LogP contribution in [0.3, 0.4) is 0 Å². The molecule has 0 saturated carbocycles. The Morgan fingerprint density at radius 3 is 1.74 bits per heavy atom. The fourth-order valence-electron chi connectivity index (χ4n) is 5.13. The van der Waals surface area contributed by atoms with Crippen LogP contribution < -0.4 is 9.80 Å². The molecular weight excluding hydrogens is 472 g/mol. The Kier molecular flexibility index (Phi) is 7.05. The molecule has 1 aromatic heterocycles. The van der Waals surface area contributed by atoms with Gasteiger partial charge in [0.15, 0.2) is 0 Å². The van der Waals surface area contributed by atoms with E-state index >= 15 is 0 Å². The van der Waals surface area contributed by atoms with Gasteiger partial charge in [-0.25, -0.2) is 4.99 Å². The number of aromatic amines is 1. The molecule has 0 atom stereocenters. The summed E-state index contributed by atoms with van der Waals surface area (Å²) >= 11 is 0. The van der Waals surface area contributed by atoms with Crippen molar-refractivity contribution in [2.45, 2.75) is 27.7 Å². The third-order valence-corrected chi connectivity index (χ3v) is 7.38. The van der Waals surface area contributed by atoms with E-state index in [1.165, 1.54) is 11.4 Å². The average molecular weight is 507 g/mol. The number of hydrogen-bond acceptors (Lipinski definition) is 5. The molecule has 1 aliphatic carbocycles. The number of benzene rings is 2. The number of carbonyl (C=O) groups excluding carboxylic acids is 1. The summed E-state index contributed by atoms with van der Waals surface area (Å²) < 4.78 is 0. The maximum Gasteiger partial charge on any atom is 0.204 e. The van der Waals surface area contributed by atoms with Gasteiger partial charge in [0.1, 0.15) is 5.76 Å². The van der Waals surface area contributed by atoms with Crippen LogP contribution in [0.5, 0.6) is 0 Å². The van der Waals surface area contributed by atoms with E-state index in [0.29, 0.717) is 17.0 Å². The van der Waals surface area contributed by atoms with Gasteiger partial charge in [0, 0.05) is 48.8 Å². The van der Waals surface area contributed by atoms with Crippen LogP contribution in [0, 0.1) is 0 Å². The Morgan fingerprint density at radius 1 is 0.684 bits per heavy atom. The number of aliphatic imine (C=N–C) groups is 1. The maximum absolute atomic E-state index is 13.1. The highest BCUT2D eigenvalue weighted by Gasteiger charge is 2.38. The lowest BCUT2D eigenvalue weighted by molar-refractivity contribution is -0.111. The minimum atomic E-state index is -0.200. The van der Waals surface area contributed by atoms with Gasteiger partial charge in [-0.05, 0) is 81.8 Å². The summed E-state index contributed by atoms with van der Waals surface area (Å²) in [4.78, 5) is 25.7. The van der Waals surface area contributed by atoms with Crippen LogP contribution in [0.15, 0.2) is 94.8 Å². The molecule has 0 radical (unpaired) electrons. The van der Waals surface area contributed by atoms with Gasteiger partial charge in [-0.15, -0.1) is 0 Å². The van der Waals surface area contributed by atoms with Crippen LogP contribution >= 0.6 is 0 Å². The van der Waals surface area contributed by atoms with Crippen molar-refractivity contribution in [1.82, 2.24) is 4.98 Å². The van der Waals surface area contributed by atoms with E-state index in [9.17, 15) is 9.90 Å². The molecule has 6 nitrogen and oxygen atoms in total. The molecule has 2 aromatic carbocycles. The van der Waals surface area contributed by atoms with Gasteiger partial charge < -0.3 is 19.9 Å². The summed E-state index contributed by atoms with van der Waals surface area (Å²) in [6, 6.07) is 20.4. The molecule has 0 spiro atoms. The summed E-state index contributed by atoms with van der Waals surface area (Å²) in [6.07, 6.45) is 3.69. The Balaban J connectivity index is 1.36. The van der Waals surface area contributed by atoms with Gasteiger partial charge >= 0.3 is 0 Å². The topological polar surface area (TPSA) is 71.9 Å². The Labute approximate surface area is 224 Å². The van der Waals surface area contributed by atoms with Crippen molar-refractivity contribution in [1.29, 1.82) is 0 Å². The normalized spacial score (nSPS) is 16.6. The second-order valence-corrected chi connectivity index (χ2v) is 9.37. The number of allylic oxidation sites excluding steroid dienone is 4. The summed E-state index contributed by atoms with van der Waals surface area (Å²) in [6.45, 7) is 12.4. The van der Waals surface area contributed by atoms with Crippen LogP contribution in [0.2, 0.25) is 0 Å². The number of aromatic nitrogens is 1. The Morgan fingerprint density at radius 2 is 1.21 bits per heavy atom. The lowest BCUT2D eigenvalue weighted by atomic mass is 9.85. The number of aliphatic hydroxyl groups excluding tert-OH is 1. The van der Waals surface area contributed by atoms with Crippen molar-refractivity contribution >= 4 is 28.4 Å². The third-order valence-electron chi connectivity index (χ3n) is 7.38. The number of ketones is 1. The molecule has 5 rings (SSSR count). The highest BCUT2D eigenvalue weighted by atomic mass is 16.3. The van der Waals surface area contributed by atoms with Crippen molar-refractivity contribution < 1.29 is 9.90 Å². The third kappa shape index (κ3) is 4.47. The van der Waals surface area contributed by atoms with Crippen LogP contribution in [0.4, 0.5) is 11.4 Å². The van der Waals surface area contributed by atoms with Crippen LogP contribution in [0.1, 0.15) is 39.0 Å². The molecule has 6 heteroatoms. The van der Waals surface area contributed by atoms with Gasteiger partial charge in [0.25, 0.3) is 0 Å². The second-order valence-electron chi connectivity index (χ2n) is 9.37. The van der Waals surface area contributed by atoms with E-state index in [0.717, 1.165) is 48.7 Å². The Hall–Kier alpha value is -4.32. The number of nitrogens with one attached hydrogen (secondary N) is 1. The van der Waals surface area contributed by atoms with E-state index < -0.39 is 0 Å². The second kappa shape index (κ2) is 10.6. The molecule has 2 heterocycles. The number of Topliss-reactive ketones (excluding diaryl/α,β-unsaturated/α-hetero) is 1. The molecule has 3 aromatic rings. The van der Waals surface area contributed by atoms with E-state index in [2.05, 4.69) is 83.9 Å². The highest BCUT2D eigenvalue weighted by molar-refractivity contribution is 6.39. The first-order chi connectivity index (χ1) is 18.5. The van der Waals surface area contributed by atoms with Crippen LogP contribution in [-0.4, -0.2) is 47.8 Å². The molecule has 1 aliphatic heterocycles. The first-order valence-corrected chi connectivity index (χ1v) is 13.4. The first-order valence-electron chi connectivity index (χ1n) is 13.4. The van der Waals surface area contributed by atoms with Crippen molar-refractivity contribution in [3.05, 3.63) is 101 Å². The number of H-pyrrole nitrogens is 1. The standard InChI is InChI=1S/C32H34N4O2/c1-5-35(6-2)23-13-9-21(10-14-23)25-17-19-27(33-25)29-31(37)30(32(29)38)28-20-18-26(34-28)22-11-15-24(16-12-22)36(7-3)8-4/h9-20,33,37H,5-8H2,1-4H3. The Bertz CT molecular complexity index is 1460. The van der Waals surface area contributed by atoms with Gasteiger partial charge in [-0.1, -0.05) is 24.3 Å². The molecule has 0 bridgehead atoms. The lowest BCUT2D eigenvalue weighted by Gasteiger charge is -2.21. The van der Waals surface area contributed by atoms with E-state index in [1.807, 2.05) is 30.3 Å². The predicted octanol–water partition coefficient (Wildman–Crippen LogP) is 6.54. The molecule has 38 heavy (non-hydrogen) atoms. The van der Waals surface area contributed by atoms with Crippen molar-refractivity contribution in [3.8, 4) is 11.3 Å². The molecule has 0 fully saturated rings. The van der Waals surface area contributed by atoms with Crippen molar-refractivity contribution in [3.63, 3.8) is 0 Å². The molecule has 2 N–H and O–H groups in total. The summed E-state index contributed by atoms with van der Waals surface area (Å²) in [7, 11) is 0. The summed E-state index contributed by atoms with van der Waals surface area (Å²) in [5.74, 6) is -0.212. The van der Waals surface area contributed by atoms with E-state index in [-0.39, 0.29) is 17.1 Å². The smallest absolute Gasteiger partial charge is 0.204 e. The predicted molar refractivity (Wildman–Crippen MR) is 157 cm³/mol. The summed E-state index contributed by atoms with van der Waals surface area (Å²) in [5, 5.41) is 10.9. The quantitative estimate of drug-likeness (QED) is 0.323. The largest absolute Gasteiger partial charge is 0.506 e. The fourth-order valence-corrected chi connectivity index (χ4v) is 5.13. The highest BCUT2D eigenvalue weighted by Crippen LogP contribution is 2.39. The zero-order valence-corrected chi connectivity index (χ0v) is 22.5. The molecular formula is C32H34N4O2. The van der Waals surface area contributed by atoms with Gasteiger partial charge in [0.2, 0.25) is 5.78 Å². The summed E-state index contributed by atoms with van der Waals surface area (Å²) in [5.41, 5.74) is 7.71. The number of hydrogen-bond donors (Lipinski definition) is 2. The van der Waals surface area contributed by atoms with Gasteiger partial charge in [-0.3, -0.25) is 4.79 Å². The van der Waals surface area contributed by atoms with Gasteiger partial charge in [0.05, 0.1) is 28.2 Å². The molecule has 194 valence electrons. The average Bonchev–Trinajstić information content (AvgIpc) is 3.62. The number of carbonyl (C=O) groups is 1. The number of aliphatic hydroxyl groups is 1. The van der Waals surface area contributed by atoms with Crippen LogP contribution in [0.25, 0.3) is 16.8 Å². The van der Waals surface area contributed by atoms with E-state index in [1.54, 1.807) is 6.08 Å². The zero-order chi connectivity index (χ0) is 26.8. The van der Waals surface area contributed by atoms with Crippen molar-refractivity contribution in [2.24, 2.45) is 4.99 Å². The van der Waals surface area contributed by atoms with E-state index in [4.69, 9.17) is 0 Å². The van der Waals surface area contributed by atoms with Gasteiger partial charge in [-0.2, -0.15) is 0 Å². The number of anilines is 2. The first kappa shape index (κ1) is 25.3. The van der Waals surface area contributed by atoms with Crippen LogP contribution in [-0.2, 0) is 4.79 Å². The monoisotopic (exact) mass is 506 g/mol. The molecule has 2 aliphatic rings. The zero-order valence-electron chi connectivity index (χ0n) is 22.5. The minimum Gasteiger partial charge on any atom is -0.506 e. The minimum absolute atomic E-state index is 0.0122. The molecule has 0 unspecified atom stereocenters. The maximum atomic E-state index is 13.1. The number of rotatable bonds is 9.